The van der Waals surface area contributed by atoms with Gasteiger partial charge >= 0.3 is 11.6 Å². The molecule has 1 aliphatic heterocycles. The van der Waals surface area contributed by atoms with Crippen molar-refractivity contribution in [2.24, 2.45) is 0 Å². The van der Waals surface area contributed by atoms with E-state index < -0.39 is 23.6 Å². The average Bonchev–Trinajstić information content (AvgIpc) is 3.30. The van der Waals surface area contributed by atoms with E-state index in [0.717, 1.165) is 5.56 Å². The molecule has 1 aromatic heterocycles. The van der Waals surface area contributed by atoms with Gasteiger partial charge in [-0.15, -0.1) is 0 Å². The highest BCUT2D eigenvalue weighted by Gasteiger charge is 2.45. The third-order valence-electron chi connectivity index (χ3n) is 5.96. The van der Waals surface area contributed by atoms with Gasteiger partial charge in [0.05, 0.1) is 30.6 Å². The summed E-state index contributed by atoms with van der Waals surface area (Å²) in [6.45, 7) is 2.28. The van der Waals surface area contributed by atoms with Gasteiger partial charge in [-0.1, -0.05) is 48.5 Å². The molecular weight excluding hydrogens is 448 g/mol. The molecule has 35 heavy (non-hydrogen) atoms. The molecule has 0 saturated heterocycles. The second kappa shape index (κ2) is 9.54. The summed E-state index contributed by atoms with van der Waals surface area (Å²) >= 11 is 0. The number of fused-ring (bicyclic) bond motifs is 3. The van der Waals surface area contributed by atoms with E-state index in [0.29, 0.717) is 40.4 Å². The summed E-state index contributed by atoms with van der Waals surface area (Å²) in [5, 5.41) is 0.619. The molecule has 7 nitrogen and oxygen atoms in total. The molecule has 1 aliphatic rings. The first kappa shape index (κ1) is 22.5. The van der Waals surface area contributed by atoms with Gasteiger partial charge in [-0.2, -0.15) is 0 Å². The first-order chi connectivity index (χ1) is 17.1. The number of carbonyl (C=O) groups excluding carboxylic acids is 1. The molecule has 0 N–H and O–H groups in total. The van der Waals surface area contributed by atoms with E-state index in [1.54, 1.807) is 43.3 Å². The molecule has 2 heterocycles. The minimum Gasteiger partial charge on any atom is -0.493 e. The summed E-state index contributed by atoms with van der Waals surface area (Å²) in [5.41, 5.74) is 1.78. The minimum atomic E-state index is -1.04. The Kier molecular flexibility index (Phi) is 6.14. The van der Waals surface area contributed by atoms with Crippen LogP contribution in [0.15, 0.2) is 82.0 Å². The second-order valence-electron chi connectivity index (χ2n) is 8.08. The van der Waals surface area contributed by atoms with Crippen molar-refractivity contribution < 1.29 is 28.2 Å². The average molecular weight is 472 g/mol. The molecule has 7 heteroatoms. The highest BCUT2D eigenvalue weighted by molar-refractivity contribution is 5.88. The lowest BCUT2D eigenvalue weighted by molar-refractivity contribution is -0.151. The van der Waals surface area contributed by atoms with Crippen LogP contribution in [-0.2, 0) is 16.1 Å². The summed E-state index contributed by atoms with van der Waals surface area (Å²) in [6.07, 6.45) is -1.04. The van der Waals surface area contributed by atoms with Crippen LogP contribution < -0.4 is 19.8 Å². The summed E-state index contributed by atoms with van der Waals surface area (Å²) in [4.78, 5) is 26.0. The summed E-state index contributed by atoms with van der Waals surface area (Å²) in [5.74, 6) is 0.0583. The Morgan fingerprint density at radius 3 is 2.51 bits per heavy atom. The molecule has 5 rings (SSSR count). The Balaban J connectivity index is 1.57. The van der Waals surface area contributed by atoms with Gasteiger partial charge in [0.2, 0.25) is 6.10 Å². The summed E-state index contributed by atoms with van der Waals surface area (Å²) in [6, 6.07) is 22.2. The van der Waals surface area contributed by atoms with Gasteiger partial charge in [0.1, 0.15) is 17.9 Å². The zero-order valence-electron chi connectivity index (χ0n) is 19.4. The Bertz CT molecular complexity index is 1420. The highest BCUT2D eigenvalue weighted by atomic mass is 16.6. The first-order valence-electron chi connectivity index (χ1n) is 11.3. The van der Waals surface area contributed by atoms with E-state index in [-0.39, 0.29) is 12.2 Å². The van der Waals surface area contributed by atoms with Crippen LogP contribution in [0.4, 0.5) is 0 Å². The fraction of sp³-hybridized carbons (Fsp3) is 0.214. The number of rotatable bonds is 7. The lowest BCUT2D eigenvalue weighted by Gasteiger charge is -2.19. The fourth-order valence-corrected chi connectivity index (χ4v) is 4.36. The van der Waals surface area contributed by atoms with Crippen LogP contribution >= 0.6 is 0 Å². The highest BCUT2D eigenvalue weighted by Crippen LogP contribution is 2.46. The summed E-state index contributed by atoms with van der Waals surface area (Å²) in [7, 11) is 1.54. The van der Waals surface area contributed by atoms with E-state index in [2.05, 4.69) is 0 Å². The number of hydrogen-bond donors (Lipinski definition) is 0. The van der Waals surface area contributed by atoms with Crippen molar-refractivity contribution in [3.05, 3.63) is 99.9 Å². The molecule has 3 aromatic carbocycles. The van der Waals surface area contributed by atoms with Crippen molar-refractivity contribution in [1.82, 2.24) is 0 Å². The third kappa shape index (κ3) is 4.21. The van der Waals surface area contributed by atoms with E-state index in [1.165, 1.54) is 7.11 Å². The number of benzene rings is 3. The normalized spacial score (nSPS) is 16.4. The van der Waals surface area contributed by atoms with E-state index in [9.17, 15) is 9.59 Å². The molecule has 0 amide bonds. The van der Waals surface area contributed by atoms with Gasteiger partial charge in [0, 0.05) is 0 Å². The molecule has 2 atom stereocenters. The topological polar surface area (TPSA) is 84.2 Å². The number of ether oxygens (including phenoxy) is 4. The number of carbonyl (C=O) groups is 1. The van der Waals surface area contributed by atoms with Crippen LogP contribution in [-0.4, -0.2) is 25.8 Å². The maximum Gasteiger partial charge on any atom is 0.348 e. The Morgan fingerprint density at radius 1 is 0.971 bits per heavy atom. The third-order valence-corrected chi connectivity index (χ3v) is 5.96. The molecule has 0 saturated carbocycles. The lowest BCUT2D eigenvalue weighted by atomic mass is 9.88. The monoisotopic (exact) mass is 472 g/mol. The minimum absolute atomic E-state index is 0.187. The van der Waals surface area contributed by atoms with Gasteiger partial charge in [-0.05, 0) is 42.3 Å². The molecule has 178 valence electrons. The SMILES string of the molecule is CCOC(=O)C1Oc2c(c(=O)oc3ccccc23)C1c1ccc(OCc2ccccc2)c(OC)c1. The van der Waals surface area contributed by atoms with Crippen LogP contribution in [0.25, 0.3) is 11.0 Å². The molecule has 0 fully saturated rings. The van der Waals surface area contributed by atoms with Gasteiger partial charge in [-0.25, -0.2) is 9.59 Å². The molecular formula is C28H24O7. The predicted molar refractivity (Wildman–Crippen MR) is 129 cm³/mol. The largest absolute Gasteiger partial charge is 0.493 e. The number of para-hydroxylation sites is 1. The molecule has 0 bridgehead atoms. The zero-order chi connectivity index (χ0) is 24.4. The number of esters is 1. The Morgan fingerprint density at radius 2 is 1.74 bits per heavy atom. The van der Waals surface area contributed by atoms with Crippen LogP contribution in [0.5, 0.6) is 17.2 Å². The summed E-state index contributed by atoms with van der Waals surface area (Å²) < 4.78 is 28.5. The molecule has 0 radical (unpaired) electrons. The van der Waals surface area contributed by atoms with Crippen molar-refractivity contribution in [2.45, 2.75) is 25.6 Å². The van der Waals surface area contributed by atoms with E-state index in [4.69, 9.17) is 23.4 Å². The molecule has 2 unspecified atom stereocenters. The lowest BCUT2D eigenvalue weighted by Crippen LogP contribution is -2.32. The maximum absolute atomic E-state index is 13.1. The zero-order valence-corrected chi connectivity index (χ0v) is 19.4. The van der Waals surface area contributed by atoms with Gasteiger partial charge in [-0.3, -0.25) is 0 Å². The van der Waals surface area contributed by atoms with Crippen molar-refractivity contribution in [1.29, 1.82) is 0 Å². The van der Waals surface area contributed by atoms with Crippen LogP contribution in [0, 0.1) is 0 Å². The van der Waals surface area contributed by atoms with Crippen molar-refractivity contribution in [2.75, 3.05) is 13.7 Å². The fourth-order valence-electron chi connectivity index (χ4n) is 4.36. The van der Waals surface area contributed by atoms with Gasteiger partial charge in [0.15, 0.2) is 11.5 Å². The Hall–Kier alpha value is -4.26. The number of hydrogen-bond acceptors (Lipinski definition) is 7. The van der Waals surface area contributed by atoms with Crippen LogP contribution in [0.2, 0.25) is 0 Å². The van der Waals surface area contributed by atoms with E-state index in [1.807, 2.05) is 36.4 Å². The molecule has 0 aliphatic carbocycles. The number of methoxy groups -OCH3 is 1. The second-order valence-corrected chi connectivity index (χ2v) is 8.08. The Labute approximate surface area is 201 Å². The molecule has 0 spiro atoms. The van der Waals surface area contributed by atoms with Gasteiger partial charge in [0.25, 0.3) is 0 Å². The van der Waals surface area contributed by atoms with Crippen LogP contribution in [0.1, 0.15) is 29.5 Å². The van der Waals surface area contributed by atoms with Crippen molar-refractivity contribution >= 4 is 16.9 Å². The van der Waals surface area contributed by atoms with Gasteiger partial charge < -0.3 is 23.4 Å². The first-order valence-corrected chi connectivity index (χ1v) is 11.3. The molecule has 4 aromatic rings. The quantitative estimate of drug-likeness (QED) is 0.281. The maximum atomic E-state index is 13.1. The van der Waals surface area contributed by atoms with Crippen molar-refractivity contribution in [3.63, 3.8) is 0 Å². The van der Waals surface area contributed by atoms with Crippen molar-refractivity contribution in [3.8, 4) is 17.2 Å². The standard InChI is InChI=1S/C28H24O7/c1-3-32-28(30)26-23(24-25(35-26)19-11-7-8-12-20(19)34-27(24)29)18-13-14-21(22(15-18)31-2)33-16-17-9-5-4-6-10-17/h4-15,23,26H,3,16H2,1-2H3. The van der Waals surface area contributed by atoms with E-state index >= 15 is 0 Å². The predicted octanol–water partition coefficient (Wildman–Crippen LogP) is 4.84. The smallest absolute Gasteiger partial charge is 0.348 e. The van der Waals surface area contributed by atoms with Crippen LogP contribution in [0.3, 0.4) is 0 Å².